The Morgan fingerprint density at radius 2 is 1.94 bits per heavy atom. The average molecular weight is 235 g/mol. The van der Waals surface area contributed by atoms with Crippen LogP contribution in [0, 0.1) is 0 Å². The van der Waals surface area contributed by atoms with Crippen LogP contribution < -0.4 is 10.1 Å². The van der Waals surface area contributed by atoms with E-state index in [1.807, 2.05) is 37.3 Å². The van der Waals surface area contributed by atoms with Crippen molar-refractivity contribution in [3.05, 3.63) is 30.3 Å². The van der Waals surface area contributed by atoms with Crippen molar-refractivity contribution in [2.45, 2.75) is 32.6 Å². The van der Waals surface area contributed by atoms with E-state index in [1.54, 1.807) is 0 Å². The van der Waals surface area contributed by atoms with E-state index >= 15 is 0 Å². The fraction of sp³-hybridized carbons (Fsp3) is 0.500. The van der Waals surface area contributed by atoms with Crippen LogP contribution in [0.3, 0.4) is 0 Å². The molecule has 0 saturated heterocycles. The average Bonchev–Trinajstić information content (AvgIpc) is 2.38. The van der Waals surface area contributed by atoms with Crippen molar-refractivity contribution in [1.29, 1.82) is 0 Å². The minimum atomic E-state index is 0.130. The molecule has 94 valence electrons. The summed E-state index contributed by atoms with van der Waals surface area (Å²) >= 11 is 0. The summed E-state index contributed by atoms with van der Waals surface area (Å²) in [6.45, 7) is 3.38. The number of hydrogen-bond donors (Lipinski definition) is 1. The Labute approximate surface area is 103 Å². The van der Waals surface area contributed by atoms with Crippen molar-refractivity contribution < 1.29 is 9.53 Å². The van der Waals surface area contributed by atoms with Crippen molar-refractivity contribution in [3.8, 4) is 5.75 Å². The third-order valence-corrected chi connectivity index (χ3v) is 2.48. The van der Waals surface area contributed by atoms with Crippen molar-refractivity contribution >= 4 is 5.91 Å². The summed E-state index contributed by atoms with van der Waals surface area (Å²) in [5, 5.41) is 2.86. The van der Waals surface area contributed by atoms with E-state index in [4.69, 9.17) is 4.74 Å². The second kappa shape index (κ2) is 8.62. The van der Waals surface area contributed by atoms with E-state index in [-0.39, 0.29) is 5.91 Å². The molecule has 0 heterocycles. The molecule has 0 aliphatic rings. The van der Waals surface area contributed by atoms with E-state index < -0.39 is 0 Å². The molecule has 0 spiro atoms. The normalized spacial score (nSPS) is 9.94. The van der Waals surface area contributed by atoms with Gasteiger partial charge in [0.05, 0.1) is 6.61 Å². The van der Waals surface area contributed by atoms with Crippen LogP contribution in [0.5, 0.6) is 5.75 Å². The summed E-state index contributed by atoms with van der Waals surface area (Å²) in [4.78, 5) is 10.9. The third kappa shape index (κ3) is 6.61. The number of hydrogen-bond acceptors (Lipinski definition) is 2. The van der Waals surface area contributed by atoms with Crippen LogP contribution in [-0.4, -0.2) is 19.1 Å². The predicted octanol–water partition coefficient (Wildman–Crippen LogP) is 2.76. The van der Waals surface area contributed by atoms with Crippen molar-refractivity contribution in [1.82, 2.24) is 5.32 Å². The molecule has 0 aliphatic heterocycles. The minimum absolute atomic E-state index is 0.130. The first kappa shape index (κ1) is 13.6. The molecule has 0 bridgehead atoms. The molecule has 0 atom stereocenters. The van der Waals surface area contributed by atoms with Crippen LogP contribution in [0.2, 0.25) is 0 Å². The Hall–Kier alpha value is -1.51. The molecule has 0 saturated carbocycles. The zero-order chi connectivity index (χ0) is 12.3. The Bertz CT molecular complexity index is 311. The lowest BCUT2D eigenvalue weighted by atomic mass is 10.2. The first-order valence-electron chi connectivity index (χ1n) is 6.27. The molecule has 0 radical (unpaired) electrons. The smallest absolute Gasteiger partial charge is 0.219 e. The lowest BCUT2D eigenvalue weighted by molar-refractivity contribution is -0.120. The number of unbranched alkanes of at least 4 members (excludes halogenated alkanes) is 2. The highest BCUT2D eigenvalue weighted by Gasteiger charge is 1.96. The first-order valence-corrected chi connectivity index (χ1v) is 6.27. The molecule has 1 aromatic rings. The molecule has 1 rings (SSSR count). The molecule has 1 N–H and O–H groups in total. The number of para-hydroxylation sites is 1. The molecule has 1 amide bonds. The van der Waals surface area contributed by atoms with E-state index in [9.17, 15) is 4.79 Å². The quantitative estimate of drug-likeness (QED) is 0.704. The zero-order valence-electron chi connectivity index (χ0n) is 10.4. The van der Waals surface area contributed by atoms with Crippen molar-refractivity contribution in [3.63, 3.8) is 0 Å². The van der Waals surface area contributed by atoms with Gasteiger partial charge in [-0.1, -0.05) is 25.1 Å². The third-order valence-electron chi connectivity index (χ3n) is 2.48. The van der Waals surface area contributed by atoms with Gasteiger partial charge in [-0.15, -0.1) is 0 Å². The van der Waals surface area contributed by atoms with Gasteiger partial charge in [0, 0.05) is 13.0 Å². The van der Waals surface area contributed by atoms with E-state index in [1.165, 1.54) is 0 Å². The number of benzene rings is 1. The number of ether oxygens (including phenoxy) is 1. The van der Waals surface area contributed by atoms with Crippen molar-refractivity contribution in [2.75, 3.05) is 13.2 Å². The van der Waals surface area contributed by atoms with E-state index in [2.05, 4.69) is 5.32 Å². The number of nitrogens with one attached hydrogen (secondary N) is 1. The summed E-state index contributed by atoms with van der Waals surface area (Å²) in [7, 11) is 0. The van der Waals surface area contributed by atoms with Gasteiger partial charge in [-0.3, -0.25) is 4.79 Å². The molecule has 0 unspecified atom stereocenters. The standard InChI is InChI=1S/C14H21NO2/c1-2-14(16)15-11-7-4-8-12-17-13-9-5-3-6-10-13/h3,5-6,9-10H,2,4,7-8,11-12H2,1H3,(H,15,16). The maximum Gasteiger partial charge on any atom is 0.219 e. The maximum absolute atomic E-state index is 10.9. The second-order valence-corrected chi connectivity index (χ2v) is 3.93. The second-order valence-electron chi connectivity index (χ2n) is 3.93. The summed E-state index contributed by atoms with van der Waals surface area (Å²) in [5.74, 6) is 1.05. The SMILES string of the molecule is CCC(=O)NCCCCCOc1ccccc1. The number of carbonyl (C=O) groups excluding carboxylic acids is 1. The summed E-state index contributed by atoms with van der Waals surface area (Å²) in [6, 6.07) is 9.83. The molecular weight excluding hydrogens is 214 g/mol. The largest absolute Gasteiger partial charge is 0.494 e. The van der Waals surface area contributed by atoms with Gasteiger partial charge in [-0.2, -0.15) is 0 Å². The van der Waals surface area contributed by atoms with Crippen molar-refractivity contribution in [2.24, 2.45) is 0 Å². The van der Waals surface area contributed by atoms with Gasteiger partial charge in [0.1, 0.15) is 5.75 Å². The van der Waals surface area contributed by atoms with E-state index in [0.29, 0.717) is 6.42 Å². The summed E-state index contributed by atoms with van der Waals surface area (Å²) in [6.07, 6.45) is 3.69. The van der Waals surface area contributed by atoms with Gasteiger partial charge >= 0.3 is 0 Å². The van der Waals surface area contributed by atoms with Gasteiger partial charge in [0.15, 0.2) is 0 Å². The van der Waals surface area contributed by atoms with Gasteiger partial charge in [0.25, 0.3) is 0 Å². The lowest BCUT2D eigenvalue weighted by Gasteiger charge is -2.06. The Kier molecular flexibility index (Phi) is 6.87. The predicted molar refractivity (Wildman–Crippen MR) is 69.1 cm³/mol. The lowest BCUT2D eigenvalue weighted by Crippen LogP contribution is -2.23. The molecule has 1 aromatic carbocycles. The van der Waals surface area contributed by atoms with Crippen LogP contribution in [0.1, 0.15) is 32.6 Å². The van der Waals surface area contributed by atoms with Crippen LogP contribution in [0.15, 0.2) is 30.3 Å². The number of rotatable bonds is 8. The molecule has 3 heteroatoms. The van der Waals surface area contributed by atoms with E-state index in [0.717, 1.165) is 38.2 Å². The molecule has 0 fully saturated rings. The van der Waals surface area contributed by atoms with Gasteiger partial charge in [0.2, 0.25) is 5.91 Å². The van der Waals surface area contributed by atoms with Crippen LogP contribution in [0.4, 0.5) is 0 Å². The molecule has 0 aromatic heterocycles. The Morgan fingerprint density at radius 1 is 1.18 bits per heavy atom. The minimum Gasteiger partial charge on any atom is -0.494 e. The van der Waals surface area contributed by atoms with Gasteiger partial charge in [-0.05, 0) is 31.4 Å². The summed E-state index contributed by atoms with van der Waals surface area (Å²) < 4.78 is 5.57. The molecular formula is C14H21NO2. The highest BCUT2D eigenvalue weighted by atomic mass is 16.5. The Morgan fingerprint density at radius 3 is 2.65 bits per heavy atom. The first-order chi connectivity index (χ1) is 8.33. The fourth-order valence-electron chi connectivity index (χ4n) is 1.46. The number of carbonyl (C=O) groups is 1. The highest BCUT2D eigenvalue weighted by Crippen LogP contribution is 2.09. The van der Waals surface area contributed by atoms with Crippen LogP contribution in [0.25, 0.3) is 0 Å². The van der Waals surface area contributed by atoms with Gasteiger partial charge in [-0.25, -0.2) is 0 Å². The summed E-state index contributed by atoms with van der Waals surface area (Å²) in [5.41, 5.74) is 0. The van der Waals surface area contributed by atoms with Crippen LogP contribution in [-0.2, 0) is 4.79 Å². The van der Waals surface area contributed by atoms with Crippen LogP contribution >= 0.6 is 0 Å². The highest BCUT2D eigenvalue weighted by molar-refractivity contribution is 5.75. The Balaban J connectivity index is 1.93. The fourth-order valence-corrected chi connectivity index (χ4v) is 1.46. The molecule has 17 heavy (non-hydrogen) atoms. The maximum atomic E-state index is 10.9. The zero-order valence-corrected chi connectivity index (χ0v) is 10.4. The molecule has 3 nitrogen and oxygen atoms in total. The number of amides is 1. The van der Waals surface area contributed by atoms with Gasteiger partial charge < -0.3 is 10.1 Å². The topological polar surface area (TPSA) is 38.3 Å². The monoisotopic (exact) mass is 235 g/mol. The molecule has 0 aliphatic carbocycles.